The van der Waals surface area contributed by atoms with Crippen molar-refractivity contribution in [3.05, 3.63) is 42.5 Å². The summed E-state index contributed by atoms with van der Waals surface area (Å²) in [5, 5.41) is 0. The first kappa shape index (κ1) is 18.1. The van der Waals surface area contributed by atoms with Gasteiger partial charge in [0.15, 0.2) is 11.9 Å². The Labute approximate surface area is 145 Å². The number of imidazole rings is 1. The predicted molar refractivity (Wildman–Crippen MR) is 83.0 cm³/mol. The Morgan fingerprint density at radius 1 is 1.15 bits per heavy atom. The zero-order valence-corrected chi connectivity index (χ0v) is 13.8. The Morgan fingerprint density at radius 2 is 1.88 bits per heavy atom. The maximum Gasteiger partial charge on any atom is 0.425 e. The van der Waals surface area contributed by atoms with Gasteiger partial charge in [0.25, 0.3) is 5.88 Å². The smallest absolute Gasteiger partial charge is 0.425 e. The number of rotatable bonds is 5. The summed E-state index contributed by atoms with van der Waals surface area (Å²) in [6, 6.07) is 2.69. The van der Waals surface area contributed by atoms with Crippen LogP contribution in [0.25, 0.3) is 16.8 Å². The molecular formula is C16H14F4N4O2. The number of aromatic nitrogens is 4. The average molecular weight is 370 g/mol. The average Bonchev–Trinajstić information content (AvgIpc) is 2.98. The summed E-state index contributed by atoms with van der Waals surface area (Å²) in [6.45, 7) is 1.07. The van der Waals surface area contributed by atoms with Crippen LogP contribution < -0.4 is 4.74 Å². The number of fused-ring (bicyclic) bond motifs is 1. The maximum absolute atomic E-state index is 14.1. The largest absolute Gasteiger partial charge is 0.463 e. The lowest BCUT2D eigenvalue weighted by atomic mass is 10.2. The highest BCUT2D eigenvalue weighted by Crippen LogP contribution is 2.28. The van der Waals surface area contributed by atoms with Crippen molar-refractivity contribution in [3.63, 3.8) is 0 Å². The molecule has 0 saturated carbocycles. The van der Waals surface area contributed by atoms with Gasteiger partial charge in [0, 0.05) is 18.9 Å². The van der Waals surface area contributed by atoms with Crippen LogP contribution in [0, 0.1) is 5.82 Å². The van der Waals surface area contributed by atoms with E-state index in [1.54, 1.807) is 16.8 Å². The summed E-state index contributed by atoms with van der Waals surface area (Å²) in [7, 11) is 1.53. The molecule has 26 heavy (non-hydrogen) atoms. The third-order valence-electron chi connectivity index (χ3n) is 3.64. The second-order valence-corrected chi connectivity index (χ2v) is 5.50. The number of hydrogen-bond donors (Lipinski definition) is 0. The maximum atomic E-state index is 14.1. The molecule has 0 fully saturated rings. The van der Waals surface area contributed by atoms with E-state index in [0.717, 1.165) is 13.0 Å². The Kier molecular flexibility index (Phi) is 4.77. The Bertz CT molecular complexity index is 926. The van der Waals surface area contributed by atoms with Gasteiger partial charge in [-0.05, 0) is 19.1 Å². The van der Waals surface area contributed by atoms with Gasteiger partial charge in [0.05, 0.1) is 23.5 Å². The summed E-state index contributed by atoms with van der Waals surface area (Å²) in [5.41, 5.74) is 2.06. The van der Waals surface area contributed by atoms with Gasteiger partial charge >= 0.3 is 6.18 Å². The monoisotopic (exact) mass is 370 g/mol. The van der Waals surface area contributed by atoms with E-state index in [4.69, 9.17) is 4.74 Å². The number of alkyl halides is 3. The topological polar surface area (TPSA) is 61.5 Å². The molecule has 1 atom stereocenters. The van der Waals surface area contributed by atoms with Gasteiger partial charge in [-0.15, -0.1) is 0 Å². The summed E-state index contributed by atoms with van der Waals surface area (Å²) >= 11 is 0. The molecule has 138 valence electrons. The van der Waals surface area contributed by atoms with Gasteiger partial charge in [-0.1, -0.05) is 0 Å². The van der Waals surface area contributed by atoms with Crippen molar-refractivity contribution in [2.75, 3.05) is 7.11 Å². The van der Waals surface area contributed by atoms with Crippen molar-refractivity contribution >= 4 is 5.52 Å². The van der Waals surface area contributed by atoms with Crippen molar-refractivity contribution in [1.82, 2.24) is 19.4 Å². The first-order valence-corrected chi connectivity index (χ1v) is 7.49. The lowest BCUT2D eigenvalue weighted by Gasteiger charge is -2.17. The molecule has 3 aromatic rings. The van der Waals surface area contributed by atoms with Crippen LogP contribution in [0.3, 0.4) is 0 Å². The van der Waals surface area contributed by atoms with Crippen LogP contribution in [0.15, 0.2) is 31.0 Å². The van der Waals surface area contributed by atoms with E-state index in [-0.39, 0.29) is 6.61 Å². The van der Waals surface area contributed by atoms with Crippen LogP contribution in [0.4, 0.5) is 17.6 Å². The van der Waals surface area contributed by atoms with E-state index >= 15 is 0 Å². The number of halogens is 4. The molecule has 0 aromatic carbocycles. The van der Waals surface area contributed by atoms with Crippen molar-refractivity contribution in [3.8, 4) is 17.1 Å². The first-order valence-electron chi connectivity index (χ1n) is 7.49. The van der Waals surface area contributed by atoms with Crippen molar-refractivity contribution < 1.29 is 27.0 Å². The minimum atomic E-state index is -4.61. The minimum absolute atomic E-state index is 0.286. The van der Waals surface area contributed by atoms with Crippen molar-refractivity contribution in [2.24, 2.45) is 0 Å². The number of pyridine rings is 1. The highest BCUT2D eigenvalue weighted by Gasteiger charge is 2.38. The third kappa shape index (κ3) is 3.59. The molecule has 0 aliphatic rings. The van der Waals surface area contributed by atoms with Crippen LogP contribution in [0.5, 0.6) is 5.88 Å². The summed E-state index contributed by atoms with van der Waals surface area (Å²) < 4.78 is 63.0. The molecule has 0 spiro atoms. The van der Waals surface area contributed by atoms with E-state index < -0.39 is 24.0 Å². The zero-order valence-electron chi connectivity index (χ0n) is 13.8. The van der Waals surface area contributed by atoms with Crippen LogP contribution in [-0.4, -0.2) is 38.7 Å². The lowest BCUT2D eigenvalue weighted by molar-refractivity contribution is -0.190. The second-order valence-electron chi connectivity index (χ2n) is 5.50. The molecule has 0 aliphatic heterocycles. The fourth-order valence-electron chi connectivity index (χ4n) is 2.24. The number of ether oxygens (including phenoxy) is 2. The number of nitrogens with zero attached hydrogens (tertiary/aromatic N) is 4. The quantitative estimate of drug-likeness (QED) is 0.644. The first-order chi connectivity index (χ1) is 12.3. The molecule has 3 aromatic heterocycles. The third-order valence-corrected chi connectivity index (χ3v) is 3.64. The van der Waals surface area contributed by atoms with E-state index in [1.807, 2.05) is 0 Å². The number of methoxy groups -OCH3 is 1. The molecule has 10 heteroatoms. The predicted octanol–water partition coefficient (Wildman–Crippen LogP) is 3.41. The molecule has 3 heterocycles. The van der Waals surface area contributed by atoms with E-state index in [1.165, 1.54) is 19.6 Å². The molecule has 3 rings (SSSR count). The Morgan fingerprint density at radius 3 is 2.54 bits per heavy atom. The lowest BCUT2D eigenvalue weighted by Crippen LogP contribution is -2.31. The van der Waals surface area contributed by atoms with Gasteiger partial charge in [-0.3, -0.25) is 4.40 Å². The molecule has 0 bridgehead atoms. The summed E-state index contributed by atoms with van der Waals surface area (Å²) in [6.07, 6.45) is -2.53. The van der Waals surface area contributed by atoms with Gasteiger partial charge in [-0.25, -0.2) is 19.3 Å². The SMILES string of the molecule is COCc1ncn2cnc(-c3cnc(O[C@H](C)C(F)(F)F)c(F)c3)cc12. The van der Waals surface area contributed by atoms with E-state index in [2.05, 4.69) is 19.7 Å². The van der Waals surface area contributed by atoms with Crippen LogP contribution in [0.1, 0.15) is 12.6 Å². The second kappa shape index (κ2) is 6.87. The minimum Gasteiger partial charge on any atom is -0.463 e. The van der Waals surface area contributed by atoms with Gasteiger partial charge in [0.2, 0.25) is 0 Å². The van der Waals surface area contributed by atoms with E-state index in [0.29, 0.717) is 22.5 Å². The fourth-order valence-corrected chi connectivity index (χ4v) is 2.24. The normalized spacial score (nSPS) is 13.2. The summed E-state index contributed by atoms with van der Waals surface area (Å²) in [5.74, 6) is -1.73. The van der Waals surface area contributed by atoms with Gasteiger partial charge < -0.3 is 9.47 Å². The molecule has 0 amide bonds. The van der Waals surface area contributed by atoms with Gasteiger partial charge in [-0.2, -0.15) is 13.2 Å². The molecule has 0 radical (unpaired) electrons. The Balaban J connectivity index is 1.91. The van der Waals surface area contributed by atoms with E-state index in [9.17, 15) is 17.6 Å². The molecule has 6 nitrogen and oxygen atoms in total. The van der Waals surface area contributed by atoms with Crippen molar-refractivity contribution in [1.29, 1.82) is 0 Å². The summed E-state index contributed by atoms with van der Waals surface area (Å²) in [4.78, 5) is 12.0. The standard InChI is InChI=1S/C16H14F4N4O2/c1-9(16(18,19)20)26-15-11(17)3-10(5-21-15)12-4-14-13(6-25-2)23-8-24(14)7-22-12/h3-5,7-9H,6H2,1-2H3/t9-/m1/s1. The van der Waals surface area contributed by atoms with Crippen LogP contribution in [0.2, 0.25) is 0 Å². The molecule has 0 saturated heterocycles. The highest BCUT2D eigenvalue weighted by atomic mass is 19.4. The Hall–Kier alpha value is -2.75. The van der Waals surface area contributed by atoms with Crippen molar-refractivity contribution in [2.45, 2.75) is 25.8 Å². The molecular weight excluding hydrogens is 356 g/mol. The number of hydrogen-bond acceptors (Lipinski definition) is 5. The van der Waals surface area contributed by atoms with Crippen LogP contribution >= 0.6 is 0 Å². The molecule has 0 unspecified atom stereocenters. The fraction of sp³-hybridized carbons (Fsp3) is 0.312. The molecule has 0 N–H and O–H groups in total. The van der Waals surface area contributed by atoms with Crippen LogP contribution in [-0.2, 0) is 11.3 Å². The molecule has 0 aliphatic carbocycles. The highest BCUT2D eigenvalue weighted by molar-refractivity contribution is 5.66. The van der Waals surface area contributed by atoms with Gasteiger partial charge in [0.1, 0.15) is 12.7 Å². The zero-order chi connectivity index (χ0) is 18.9.